The van der Waals surface area contributed by atoms with E-state index in [1.165, 1.54) is 24.8 Å². The van der Waals surface area contributed by atoms with Gasteiger partial charge in [-0.25, -0.2) is 0 Å². The van der Waals surface area contributed by atoms with Crippen molar-refractivity contribution >= 4 is 11.8 Å². The number of hydrogen-bond acceptors (Lipinski definition) is 3. The molecule has 1 saturated carbocycles. The van der Waals surface area contributed by atoms with E-state index in [0.717, 1.165) is 12.3 Å². The zero-order valence-corrected chi connectivity index (χ0v) is 14.1. The van der Waals surface area contributed by atoms with Crippen LogP contribution in [-0.2, 0) is 0 Å². The van der Waals surface area contributed by atoms with Gasteiger partial charge < -0.3 is 10.4 Å². The molecule has 1 aliphatic carbocycles. The Balaban J connectivity index is 1.97. The van der Waals surface area contributed by atoms with Gasteiger partial charge in [-0.2, -0.15) is 11.8 Å². The minimum absolute atomic E-state index is 0.299. The van der Waals surface area contributed by atoms with E-state index in [2.05, 4.69) is 61.3 Å². The van der Waals surface area contributed by atoms with Crippen molar-refractivity contribution in [2.75, 3.05) is 18.9 Å². The smallest absolute Gasteiger partial charge is 0.0464 e. The molecule has 4 atom stereocenters. The molecule has 1 fully saturated rings. The molecule has 1 aromatic rings. The third-order valence-corrected chi connectivity index (χ3v) is 6.15. The van der Waals surface area contributed by atoms with E-state index >= 15 is 0 Å². The summed E-state index contributed by atoms with van der Waals surface area (Å²) in [7, 11) is 0. The summed E-state index contributed by atoms with van der Waals surface area (Å²) in [4.78, 5) is 0. The zero-order chi connectivity index (χ0) is 15.1. The van der Waals surface area contributed by atoms with E-state index in [0.29, 0.717) is 29.7 Å². The molecule has 21 heavy (non-hydrogen) atoms. The SMILES string of the molecule is CCNC1CCC(c2ccccc2)CC1SCC(C)CO. The second-order valence-corrected chi connectivity index (χ2v) is 7.52. The first-order chi connectivity index (χ1) is 10.2. The van der Waals surface area contributed by atoms with Crippen LogP contribution in [0.5, 0.6) is 0 Å². The normalized spacial score (nSPS) is 27.5. The Morgan fingerprint density at radius 2 is 2.05 bits per heavy atom. The lowest BCUT2D eigenvalue weighted by atomic mass is 9.81. The monoisotopic (exact) mass is 307 g/mol. The third kappa shape index (κ3) is 5.01. The Labute approximate surface area is 133 Å². The van der Waals surface area contributed by atoms with Gasteiger partial charge in [0.1, 0.15) is 0 Å². The van der Waals surface area contributed by atoms with Gasteiger partial charge in [-0.15, -0.1) is 0 Å². The molecule has 0 aliphatic heterocycles. The predicted octanol–water partition coefficient (Wildman–Crippen LogP) is 3.66. The topological polar surface area (TPSA) is 32.3 Å². The molecule has 0 saturated heterocycles. The molecule has 0 aromatic heterocycles. The second-order valence-electron chi connectivity index (χ2n) is 6.24. The van der Waals surface area contributed by atoms with Crippen LogP contribution in [0.4, 0.5) is 0 Å². The fourth-order valence-corrected chi connectivity index (χ4v) is 4.69. The van der Waals surface area contributed by atoms with Crippen LogP contribution in [0.1, 0.15) is 44.6 Å². The molecule has 0 heterocycles. The molecule has 0 bridgehead atoms. The molecule has 0 amide bonds. The van der Waals surface area contributed by atoms with Crippen molar-refractivity contribution in [3.8, 4) is 0 Å². The van der Waals surface area contributed by atoms with Crippen molar-refractivity contribution in [1.82, 2.24) is 5.32 Å². The van der Waals surface area contributed by atoms with E-state index in [9.17, 15) is 5.11 Å². The van der Waals surface area contributed by atoms with Crippen molar-refractivity contribution in [3.63, 3.8) is 0 Å². The van der Waals surface area contributed by atoms with Gasteiger partial charge in [0.15, 0.2) is 0 Å². The van der Waals surface area contributed by atoms with E-state index in [-0.39, 0.29) is 0 Å². The maximum atomic E-state index is 9.23. The van der Waals surface area contributed by atoms with Gasteiger partial charge in [-0.1, -0.05) is 44.2 Å². The van der Waals surface area contributed by atoms with Crippen molar-refractivity contribution in [3.05, 3.63) is 35.9 Å². The number of thioether (sulfide) groups is 1. The summed E-state index contributed by atoms with van der Waals surface area (Å²) in [6.45, 7) is 5.68. The summed E-state index contributed by atoms with van der Waals surface area (Å²) >= 11 is 2.05. The summed E-state index contributed by atoms with van der Waals surface area (Å²) in [5.41, 5.74) is 1.49. The van der Waals surface area contributed by atoms with Gasteiger partial charge in [0.2, 0.25) is 0 Å². The first kappa shape index (κ1) is 16.9. The molecule has 4 unspecified atom stereocenters. The Morgan fingerprint density at radius 1 is 1.29 bits per heavy atom. The van der Waals surface area contributed by atoms with Crippen LogP contribution in [0.3, 0.4) is 0 Å². The van der Waals surface area contributed by atoms with E-state index in [1.807, 2.05) is 0 Å². The largest absolute Gasteiger partial charge is 0.396 e. The van der Waals surface area contributed by atoms with Gasteiger partial charge >= 0.3 is 0 Å². The van der Waals surface area contributed by atoms with Crippen molar-refractivity contribution in [1.29, 1.82) is 0 Å². The highest BCUT2D eigenvalue weighted by atomic mass is 32.2. The van der Waals surface area contributed by atoms with Crippen LogP contribution >= 0.6 is 11.8 Å². The Morgan fingerprint density at radius 3 is 2.71 bits per heavy atom. The minimum atomic E-state index is 0.299. The Hall–Kier alpha value is -0.510. The van der Waals surface area contributed by atoms with Gasteiger partial charge in [-0.3, -0.25) is 0 Å². The van der Waals surface area contributed by atoms with Crippen LogP contribution in [0.2, 0.25) is 0 Å². The molecule has 0 spiro atoms. The molecule has 1 aromatic carbocycles. The standard InChI is InChI=1S/C18H29NOS/c1-3-19-17-10-9-16(15-7-5-4-6-8-15)11-18(17)21-13-14(2)12-20/h4-8,14,16-20H,3,9-13H2,1-2H3. The van der Waals surface area contributed by atoms with E-state index in [4.69, 9.17) is 0 Å². The molecule has 2 nitrogen and oxygen atoms in total. The van der Waals surface area contributed by atoms with Crippen LogP contribution < -0.4 is 5.32 Å². The molecule has 1 aliphatic rings. The Kier molecular flexibility index (Phi) is 7.08. The lowest BCUT2D eigenvalue weighted by Gasteiger charge is -2.37. The van der Waals surface area contributed by atoms with Crippen molar-refractivity contribution in [2.24, 2.45) is 5.92 Å². The molecule has 2 N–H and O–H groups in total. The van der Waals surface area contributed by atoms with Gasteiger partial charge in [0.05, 0.1) is 0 Å². The number of hydrogen-bond donors (Lipinski definition) is 2. The van der Waals surface area contributed by atoms with Crippen molar-refractivity contribution in [2.45, 2.75) is 50.3 Å². The number of aliphatic hydroxyl groups is 1. The molecule has 0 radical (unpaired) electrons. The Bertz CT molecular complexity index is 397. The summed E-state index contributed by atoms with van der Waals surface area (Å²) in [6.07, 6.45) is 3.80. The highest BCUT2D eigenvalue weighted by Gasteiger charge is 2.31. The average Bonchev–Trinajstić information content (AvgIpc) is 2.54. The minimum Gasteiger partial charge on any atom is -0.396 e. The van der Waals surface area contributed by atoms with Crippen LogP contribution in [0, 0.1) is 5.92 Å². The number of aliphatic hydroxyl groups excluding tert-OH is 1. The molecule has 3 heteroatoms. The number of rotatable bonds is 7. The highest BCUT2D eigenvalue weighted by molar-refractivity contribution is 7.99. The first-order valence-electron chi connectivity index (χ1n) is 8.25. The second kappa shape index (κ2) is 8.82. The van der Waals surface area contributed by atoms with Crippen molar-refractivity contribution < 1.29 is 5.11 Å². The predicted molar refractivity (Wildman–Crippen MR) is 93.0 cm³/mol. The summed E-state index contributed by atoms with van der Waals surface area (Å²) in [5.74, 6) is 2.15. The average molecular weight is 308 g/mol. The molecule has 118 valence electrons. The fraction of sp³-hybridized carbons (Fsp3) is 0.667. The lowest BCUT2D eigenvalue weighted by Crippen LogP contribution is -2.42. The zero-order valence-electron chi connectivity index (χ0n) is 13.3. The van der Waals surface area contributed by atoms with Crippen LogP contribution in [0.25, 0.3) is 0 Å². The van der Waals surface area contributed by atoms with Gasteiger partial charge in [0, 0.05) is 17.9 Å². The summed E-state index contributed by atoms with van der Waals surface area (Å²) in [5, 5.41) is 13.6. The summed E-state index contributed by atoms with van der Waals surface area (Å²) < 4.78 is 0. The summed E-state index contributed by atoms with van der Waals surface area (Å²) in [6, 6.07) is 11.6. The quantitative estimate of drug-likeness (QED) is 0.806. The van der Waals surface area contributed by atoms with Gasteiger partial charge in [0.25, 0.3) is 0 Å². The van der Waals surface area contributed by atoms with Crippen LogP contribution in [-0.4, -0.2) is 35.3 Å². The van der Waals surface area contributed by atoms with E-state index < -0.39 is 0 Å². The van der Waals surface area contributed by atoms with Crippen LogP contribution in [0.15, 0.2) is 30.3 Å². The fourth-order valence-electron chi connectivity index (χ4n) is 3.18. The molecular formula is C18H29NOS. The number of nitrogens with one attached hydrogen (secondary N) is 1. The maximum absolute atomic E-state index is 9.23. The molecular weight excluding hydrogens is 278 g/mol. The number of benzene rings is 1. The first-order valence-corrected chi connectivity index (χ1v) is 9.30. The third-order valence-electron chi connectivity index (χ3n) is 4.44. The van der Waals surface area contributed by atoms with Gasteiger partial charge in [-0.05, 0) is 49.0 Å². The lowest BCUT2D eigenvalue weighted by molar-refractivity contribution is 0.250. The molecule has 2 rings (SSSR count). The van der Waals surface area contributed by atoms with E-state index in [1.54, 1.807) is 0 Å². The maximum Gasteiger partial charge on any atom is 0.0464 e. The highest BCUT2D eigenvalue weighted by Crippen LogP contribution is 2.38.